The van der Waals surface area contributed by atoms with Crippen molar-refractivity contribution in [1.82, 2.24) is 24.0 Å². The molecule has 0 spiro atoms. The van der Waals surface area contributed by atoms with Crippen LogP contribution in [0.3, 0.4) is 0 Å². The number of hydrogen-bond acceptors (Lipinski definition) is 6. The van der Waals surface area contributed by atoms with Crippen LogP contribution in [-0.2, 0) is 20.0 Å². The molecule has 2 amide bonds. The van der Waals surface area contributed by atoms with Crippen LogP contribution in [0.25, 0.3) is 33.6 Å². The summed E-state index contributed by atoms with van der Waals surface area (Å²) in [5.41, 5.74) is 10.5. The number of aromatic nitrogens is 4. The Kier molecular flexibility index (Phi) is 7.01. The Labute approximate surface area is 269 Å². The molecule has 3 aliphatic rings. The predicted molar refractivity (Wildman–Crippen MR) is 174 cm³/mol. The molecular weight excluding hydrogens is 604 g/mol. The van der Waals surface area contributed by atoms with Crippen molar-refractivity contribution in [2.24, 2.45) is 18.7 Å². The minimum atomic E-state index is -1.16. The van der Waals surface area contributed by atoms with Gasteiger partial charge in [-0.25, -0.2) is 18.7 Å². The van der Waals surface area contributed by atoms with Crippen LogP contribution in [0.5, 0.6) is 5.75 Å². The van der Waals surface area contributed by atoms with Crippen LogP contribution in [0.15, 0.2) is 48.5 Å². The number of likely N-dealkylation sites (tertiary alicyclic amines) is 1. The van der Waals surface area contributed by atoms with Crippen molar-refractivity contribution in [2.75, 3.05) is 31.6 Å². The number of carbonyl (C=O) groups excluding carboxylic acids is 2. The number of hydrogen-bond donors (Lipinski definition) is 1. The maximum atomic E-state index is 14.3. The van der Waals surface area contributed by atoms with Crippen LogP contribution in [0.2, 0.25) is 0 Å². The zero-order chi connectivity index (χ0) is 32.6. The first-order chi connectivity index (χ1) is 22.7. The summed E-state index contributed by atoms with van der Waals surface area (Å²) in [6.45, 7) is 1.45. The van der Waals surface area contributed by atoms with Gasteiger partial charge in [0.2, 0.25) is 0 Å². The van der Waals surface area contributed by atoms with Crippen molar-refractivity contribution < 1.29 is 23.1 Å². The number of methoxy groups -OCH3 is 1. The number of pyridine rings is 1. The van der Waals surface area contributed by atoms with Crippen molar-refractivity contribution in [1.29, 1.82) is 0 Å². The molecule has 5 aromatic rings. The molecule has 0 radical (unpaired) electrons. The van der Waals surface area contributed by atoms with E-state index < -0.39 is 12.2 Å². The van der Waals surface area contributed by atoms with Gasteiger partial charge in [0.1, 0.15) is 34.7 Å². The van der Waals surface area contributed by atoms with Gasteiger partial charge in [0.25, 0.3) is 11.8 Å². The lowest BCUT2D eigenvalue weighted by Gasteiger charge is -2.33. The second-order valence-corrected chi connectivity index (χ2v) is 13.0. The zero-order valence-electron chi connectivity index (χ0n) is 26.2. The van der Waals surface area contributed by atoms with Crippen LogP contribution in [0.4, 0.5) is 14.6 Å². The number of nitrogens with zero attached hydrogens (tertiary/aromatic N) is 6. The summed E-state index contributed by atoms with van der Waals surface area (Å²) in [5, 5.41) is 0.911. The number of anilines is 1. The van der Waals surface area contributed by atoms with Gasteiger partial charge in [0.05, 0.1) is 24.9 Å². The molecule has 1 aliphatic carbocycles. The molecular formula is C35H35F2N7O3. The van der Waals surface area contributed by atoms with E-state index in [2.05, 4.69) is 10.6 Å². The number of nitrogens with two attached hydrogens (primary N) is 1. The molecule has 1 saturated carbocycles. The number of piperidine rings is 1. The highest BCUT2D eigenvalue weighted by molar-refractivity contribution is 6.08. The number of aryl methyl sites for hydroxylation is 1. The third-order valence-electron chi connectivity index (χ3n) is 9.64. The fourth-order valence-corrected chi connectivity index (χ4v) is 7.11. The third-order valence-corrected chi connectivity index (χ3v) is 9.64. The number of imidazole rings is 1. The van der Waals surface area contributed by atoms with Gasteiger partial charge in [-0.05, 0) is 85.7 Å². The van der Waals surface area contributed by atoms with Gasteiger partial charge in [-0.1, -0.05) is 0 Å². The fraction of sp³-hybridized carbons (Fsp3) is 0.371. The average Bonchev–Trinajstić information content (AvgIpc) is 3.72. The molecule has 242 valence electrons. The molecule has 3 aromatic heterocycles. The Morgan fingerprint density at radius 1 is 1.09 bits per heavy atom. The molecule has 2 N–H and O–H groups in total. The van der Waals surface area contributed by atoms with Gasteiger partial charge < -0.3 is 24.5 Å². The number of carbonyl (C=O) groups is 2. The summed E-state index contributed by atoms with van der Waals surface area (Å²) in [6.07, 6.45) is 1.87. The van der Waals surface area contributed by atoms with E-state index in [1.54, 1.807) is 30.2 Å². The van der Waals surface area contributed by atoms with E-state index in [9.17, 15) is 18.4 Å². The summed E-state index contributed by atoms with van der Waals surface area (Å²) >= 11 is 0. The van der Waals surface area contributed by atoms with Crippen LogP contribution < -0.4 is 15.4 Å². The van der Waals surface area contributed by atoms with E-state index in [4.69, 9.17) is 20.4 Å². The molecule has 2 fully saturated rings. The maximum Gasteiger partial charge on any atom is 0.259 e. The number of rotatable bonds is 6. The van der Waals surface area contributed by atoms with Gasteiger partial charge in [-0.15, -0.1) is 0 Å². The fourth-order valence-electron chi connectivity index (χ4n) is 7.11. The number of benzene rings is 2. The van der Waals surface area contributed by atoms with Crippen molar-refractivity contribution in [2.45, 2.75) is 44.4 Å². The highest BCUT2D eigenvalue weighted by Crippen LogP contribution is 2.38. The van der Waals surface area contributed by atoms with Crippen LogP contribution in [0, 0.1) is 11.7 Å². The van der Waals surface area contributed by atoms with Gasteiger partial charge in [0, 0.05) is 49.2 Å². The zero-order valence-corrected chi connectivity index (χ0v) is 26.2. The minimum absolute atomic E-state index is 0.00466. The third kappa shape index (κ3) is 5.11. The molecule has 0 unspecified atom stereocenters. The van der Waals surface area contributed by atoms with E-state index in [0.717, 1.165) is 41.6 Å². The summed E-state index contributed by atoms with van der Waals surface area (Å²) < 4.78 is 38.0. The molecule has 5 heterocycles. The maximum absolute atomic E-state index is 14.3. The van der Waals surface area contributed by atoms with Crippen LogP contribution >= 0.6 is 0 Å². The molecule has 1 saturated heterocycles. The van der Waals surface area contributed by atoms with Crippen molar-refractivity contribution in [3.8, 4) is 17.3 Å². The Morgan fingerprint density at radius 2 is 1.91 bits per heavy atom. The van der Waals surface area contributed by atoms with Gasteiger partial charge >= 0.3 is 0 Å². The quantitative estimate of drug-likeness (QED) is 0.284. The number of alkyl halides is 1. The molecule has 2 aromatic carbocycles. The number of amides is 2. The Hall–Kier alpha value is -4.84. The largest absolute Gasteiger partial charge is 0.494 e. The number of halogens is 2. The first kappa shape index (κ1) is 29.6. The predicted octanol–water partition coefficient (Wildman–Crippen LogP) is 4.86. The Morgan fingerprint density at radius 3 is 2.68 bits per heavy atom. The van der Waals surface area contributed by atoms with E-state index in [1.807, 2.05) is 23.7 Å². The number of ether oxygens (including phenoxy) is 1. The molecule has 8 rings (SSSR count). The number of fused-ring (bicyclic) bond motifs is 3. The molecule has 2 aliphatic heterocycles. The summed E-state index contributed by atoms with van der Waals surface area (Å²) in [6, 6.07) is 13.2. The highest BCUT2D eigenvalue weighted by Gasteiger charge is 2.32. The monoisotopic (exact) mass is 639 g/mol. The average molecular weight is 640 g/mol. The highest BCUT2D eigenvalue weighted by atomic mass is 19.1. The van der Waals surface area contributed by atoms with Crippen molar-refractivity contribution >= 4 is 39.7 Å². The molecule has 12 heteroatoms. The Balaban J connectivity index is 1.20. The van der Waals surface area contributed by atoms with Gasteiger partial charge in [-0.3, -0.25) is 14.5 Å². The van der Waals surface area contributed by atoms with Crippen molar-refractivity contribution in [3.05, 3.63) is 71.0 Å². The topological polar surface area (TPSA) is 112 Å². The standard InChI is InChI=1S/C35H35F2N7O3/c1-41-31-27(12-22(14-29(31)47-2)34(45)42-17-24(37)15-25(38)18-42)39-33(41)28-13-21-5-8-30(40-32(21)44(28)16-19-3-4-19)43-10-9-20-11-23(36)6-7-26(20)35(43)46/h5-8,11-14,19,24-25H,3-4,9-10,15-18,38H2,1-2H3/t24-,25-/m1/s1. The summed E-state index contributed by atoms with van der Waals surface area (Å²) in [5.74, 6) is 1.36. The molecule has 0 bridgehead atoms. The smallest absolute Gasteiger partial charge is 0.259 e. The van der Waals surface area contributed by atoms with Crippen LogP contribution in [0.1, 0.15) is 45.5 Å². The lowest BCUT2D eigenvalue weighted by Crippen LogP contribution is -2.50. The van der Waals surface area contributed by atoms with E-state index in [1.165, 1.54) is 17.0 Å². The van der Waals surface area contributed by atoms with Gasteiger partial charge in [0.15, 0.2) is 5.82 Å². The van der Waals surface area contributed by atoms with E-state index >= 15 is 0 Å². The SMILES string of the molecule is COc1cc(C(=O)N2C[C@H](N)C[C@@H](F)C2)cc2nc(-c3cc4ccc(N5CCc6cc(F)ccc6C5=O)nc4n3CC3CC3)n(C)c12. The normalized spacial score (nSPS) is 19.9. The van der Waals surface area contributed by atoms with E-state index in [0.29, 0.717) is 58.5 Å². The summed E-state index contributed by atoms with van der Waals surface area (Å²) in [4.78, 5) is 40.1. The second-order valence-electron chi connectivity index (χ2n) is 13.0. The molecule has 10 nitrogen and oxygen atoms in total. The second kappa shape index (κ2) is 11.2. The molecule has 47 heavy (non-hydrogen) atoms. The minimum Gasteiger partial charge on any atom is -0.494 e. The van der Waals surface area contributed by atoms with E-state index in [-0.39, 0.29) is 37.1 Å². The lowest BCUT2D eigenvalue weighted by atomic mass is 9.99. The first-order valence-electron chi connectivity index (χ1n) is 16.0. The van der Waals surface area contributed by atoms with Crippen molar-refractivity contribution in [3.63, 3.8) is 0 Å². The Bertz CT molecular complexity index is 2070. The summed E-state index contributed by atoms with van der Waals surface area (Å²) in [7, 11) is 3.47. The molecule has 2 atom stereocenters. The lowest BCUT2D eigenvalue weighted by molar-refractivity contribution is 0.0606. The first-order valence-corrected chi connectivity index (χ1v) is 16.0. The van der Waals surface area contributed by atoms with Crippen LogP contribution in [-0.4, -0.2) is 74.8 Å². The van der Waals surface area contributed by atoms with Gasteiger partial charge in [-0.2, -0.15) is 0 Å².